The van der Waals surface area contributed by atoms with Gasteiger partial charge in [0.15, 0.2) is 5.00 Å². The Labute approximate surface area is 98.6 Å². The number of aromatic nitrogens is 1. The van der Waals surface area contributed by atoms with E-state index in [1.807, 2.05) is 25.1 Å². The van der Waals surface area contributed by atoms with Crippen LogP contribution in [0.15, 0.2) is 47.4 Å². The van der Waals surface area contributed by atoms with Crippen LogP contribution < -0.4 is 5.32 Å². The summed E-state index contributed by atoms with van der Waals surface area (Å²) in [7, 11) is 0. The van der Waals surface area contributed by atoms with Crippen molar-refractivity contribution in [3.8, 4) is 0 Å². The number of halogens is 2. The molecule has 1 aliphatic rings. The zero-order valence-electron chi connectivity index (χ0n) is 8.17. The smallest absolute Gasteiger partial charge is 0.162 e. The molecule has 15 heavy (non-hydrogen) atoms. The van der Waals surface area contributed by atoms with Crippen LogP contribution in [0.4, 0.5) is 0 Å². The maximum atomic E-state index is 6.50. The van der Waals surface area contributed by atoms with Gasteiger partial charge >= 0.3 is 0 Å². The molecule has 1 aromatic heterocycles. The highest BCUT2D eigenvalue weighted by Crippen LogP contribution is 2.37. The van der Waals surface area contributed by atoms with E-state index < -0.39 is 5.00 Å². The van der Waals surface area contributed by atoms with Gasteiger partial charge in [0.2, 0.25) is 0 Å². The number of alkyl halides is 1. The lowest BCUT2D eigenvalue weighted by atomic mass is 9.99. The van der Waals surface area contributed by atoms with Gasteiger partial charge in [-0.15, -0.1) is 0 Å². The SMILES string of the molecule is CC1=CC=C(Cl)NC1(Cl)c1cccnc1. The zero-order valence-corrected chi connectivity index (χ0v) is 9.68. The molecule has 0 aliphatic carbocycles. The van der Waals surface area contributed by atoms with Crippen molar-refractivity contribution in [1.82, 2.24) is 10.3 Å². The van der Waals surface area contributed by atoms with Crippen LogP contribution in [0.3, 0.4) is 0 Å². The third kappa shape index (κ3) is 1.87. The monoisotopic (exact) mass is 240 g/mol. The molecule has 0 radical (unpaired) electrons. The maximum Gasteiger partial charge on any atom is 0.162 e. The van der Waals surface area contributed by atoms with E-state index in [-0.39, 0.29) is 0 Å². The molecule has 0 spiro atoms. The van der Waals surface area contributed by atoms with Crippen LogP contribution in [0.2, 0.25) is 0 Å². The van der Waals surface area contributed by atoms with Crippen molar-refractivity contribution in [3.05, 3.63) is 53.0 Å². The van der Waals surface area contributed by atoms with Crippen LogP contribution in [-0.2, 0) is 5.00 Å². The molecule has 1 unspecified atom stereocenters. The van der Waals surface area contributed by atoms with E-state index in [1.165, 1.54) is 0 Å². The molecule has 1 atom stereocenters. The van der Waals surface area contributed by atoms with Crippen molar-refractivity contribution < 1.29 is 0 Å². The van der Waals surface area contributed by atoms with Crippen molar-refractivity contribution in [1.29, 1.82) is 0 Å². The molecular formula is C11H10Cl2N2. The first-order valence-electron chi connectivity index (χ1n) is 4.55. The Bertz CT molecular complexity index is 425. The van der Waals surface area contributed by atoms with Gasteiger partial charge < -0.3 is 5.32 Å². The first kappa shape index (κ1) is 10.5. The predicted octanol–water partition coefficient (Wildman–Crippen LogP) is 3.10. The highest BCUT2D eigenvalue weighted by atomic mass is 35.5. The third-order valence-corrected chi connectivity index (χ3v) is 3.21. The van der Waals surface area contributed by atoms with Crippen molar-refractivity contribution in [2.24, 2.45) is 0 Å². The molecule has 4 heteroatoms. The van der Waals surface area contributed by atoms with Crippen LogP contribution in [0.1, 0.15) is 12.5 Å². The topological polar surface area (TPSA) is 24.9 Å². The minimum absolute atomic E-state index is 0.527. The summed E-state index contributed by atoms with van der Waals surface area (Å²) in [5.74, 6) is 0. The van der Waals surface area contributed by atoms with E-state index in [4.69, 9.17) is 23.2 Å². The Hall–Kier alpha value is -0.990. The molecule has 1 aromatic rings. The maximum absolute atomic E-state index is 6.50. The molecular weight excluding hydrogens is 231 g/mol. The molecule has 0 aromatic carbocycles. The average Bonchev–Trinajstić information content (AvgIpc) is 2.25. The van der Waals surface area contributed by atoms with E-state index in [0.29, 0.717) is 5.16 Å². The number of allylic oxidation sites excluding steroid dienone is 2. The minimum Gasteiger partial charge on any atom is -0.350 e. The summed E-state index contributed by atoms with van der Waals surface area (Å²) in [4.78, 5) is 3.27. The molecule has 0 amide bonds. The van der Waals surface area contributed by atoms with E-state index >= 15 is 0 Å². The van der Waals surface area contributed by atoms with Crippen molar-refractivity contribution in [2.75, 3.05) is 0 Å². The fourth-order valence-corrected chi connectivity index (χ4v) is 2.01. The van der Waals surface area contributed by atoms with Crippen molar-refractivity contribution in [3.63, 3.8) is 0 Å². The van der Waals surface area contributed by atoms with Gasteiger partial charge in [-0.3, -0.25) is 4.98 Å². The van der Waals surface area contributed by atoms with E-state index in [0.717, 1.165) is 11.1 Å². The Morgan fingerprint density at radius 1 is 1.40 bits per heavy atom. The van der Waals surface area contributed by atoms with E-state index in [1.54, 1.807) is 18.5 Å². The summed E-state index contributed by atoms with van der Waals surface area (Å²) in [5.41, 5.74) is 1.87. The van der Waals surface area contributed by atoms with Gasteiger partial charge in [0.25, 0.3) is 0 Å². The van der Waals surface area contributed by atoms with Gasteiger partial charge in [-0.25, -0.2) is 0 Å². The lowest BCUT2D eigenvalue weighted by Crippen LogP contribution is -2.38. The summed E-state index contributed by atoms with van der Waals surface area (Å²) in [6.45, 7) is 1.95. The summed E-state index contributed by atoms with van der Waals surface area (Å²) in [6.07, 6.45) is 7.13. The average molecular weight is 241 g/mol. The Balaban J connectivity index is 2.45. The standard InChI is InChI=1S/C11H10Cl2N2/c1-8-4-5-10(12)15-11(8,13)9-3-2-6-14-7-9/h2-7,15H,1H3. The fourth-order valence-electron chi connectivity index (χ4n) is 1.48. The number of dihydropyridines is 1. The van der Waals surface area contributed by atoms with Crippen LogP contribution in [-0.4, -0.2) is 4.98 Å². The van der Waals surface area contributed by atoms with Gasteiger partial charge in [0, 0.05) is 18.0 Å². The molecule has 1 aliphatic heterocycles. The molecule has 2 nitrogen and oxygen atoms in total. The van der Waals surface area contributed by atoms with Crippen LogP contribution in [0, 0.1) is 0 Å². The first-order valence-corrected chi connectivity index (χ1v) is 5.30. The predicted molar refractivity (Wildman–Crippen MR) is 62.6 cm³/mol. The normalized spacial score (nSPS) is 25.3. The molecule has 0 fully saturated rings. The van der Waals surface area contributed by atoms with Gasteiger partial charge in [0.05, 0.1) is 0 Å². The van der Waals surface area contributed by atoms with Crippen molar-refractivity contribution >= 4 is 23.2 Å². The molecule has 1 N–H and O–H groups in total. The molecule has 78 valence electrons. The summed E-state index contributed by atoms with van der Waals surface area (Å²) >= 11 is 12.4. The van der Waals surface area contributed by atoms with Gasteiger partial charge in [0.1, 0.15) is 5.16 Å². The molecule has 2 heterocycles. The number of rotatable bonds is 1. The number of nitrogens with zero attached hydrogens (tertiary/aromatic N) is 1. The summed E-state index contributed by atoms with van der Waals surface area (Å²) in [5, 5.41) is 3.57. The van der Waals surface area contributed by atoms with Crippen LogP contribution >= 0.6 is 23.2 Å². The Morgan fingerprint density at radius 3 is 2.87 bits per heavy atom. The molecule has 0 saturated carbocycles. The first-order chi connectivity index (χ1) is 7.13. The van der Waals surface area contributed by atoms with Gasteiger partial charge in [-0.05, 0) is 24.6 Å². The number of pyridine rings is 1. The quantitative estimate of drug-likeness (QED) is 0.603. The van der Waals surface area contributed by atoms with Gasteiger partial charge in [-0.2, -0.15) is 0 Å². The Morgan fingerprint density at radius 2 is 2.20 bits per heavy atom. The number of nitrogens with one attached hydrogen (secondary N) is 1. The zero-order chi connectivity index (χ0) is 10.9. The van der Waals surface area contributed by atoms with Gasteiger partial charge in [-0.1, -0.05) is 35.3 Å². The van der Waals surface area contributed by atoms with Crippen molar-refractivity contribution in [2.45, 2.75) is 11.9 Å². The molecule has 0 saturated heterocycles. The lowest BCUT2D eigenvalue weighted by Gasteiger charge is -2.32. The van der Waals surface area contributed by atoms with Crippen LogP contribution in [0.25, 0.3) is 0 Å². The second-order valence-corrected chi connectivity index (χ2v) is 4.36. The molecule has 0 bridgehead atoms. The fraction of sp³-hybridized carbons (Fsp3) is 0.182. The largest absolute Gasteiger partial charge is 0.350 e. The second-order valence-electron chi connectivity index (χ2n) is 3.39. The number of hydrogen-bond donors (Lipinski definition) is 1. The number of hydrogen-bond acceptors (Lipinski definition) is 2. The third-order valence-electron chi connectivity index (χ3n) is 2.37. The second kappa shape index (κ2) is 3.87. The summed E-state index contributed by atoms with van der Waals surface area (Å²) in [6, 6.07) is 3.76. The Kier molecular flexibility index (Phi) is 2.72. The molecule has 2 rings (SSSR count). The van der Waals surface area contributed by atoms with E-state index in [9.17, 15) is 0 Å². The van der Waals surface area contributed by atoms with E-state index in [2.05, 4.69) is 10.3 Å². The minimum atomic E-state index is -0.778. The lowest BCUT2D eigenvalue weighted by molar-refractivity contribution is 0.613. The van der Waals surface area contributed by atoms with Crippen LogP contribution in [0.5, 0.6) is 0 Å². The highest BCUT2D eigenvalue weighted by Gasteiger charge is 2.33. The summed E-state index contributed by atoms with van der Waals surface area (Å²) < 4.78 is 0. The highest BCUT2D eigenvalue weighted by molar-refractivity contribution is 6.31.